The Bertz CT molecular complexity index is 731. The Morgan fingerprint density at radius 2 is 2.12 bits per heavy atom. The van der Waals surface area contributed by atoms with E-state index < -0.39 is 0 Å². The van der Waals surface area contributed by atoms with Crippen LogP contribution in [0.1, 0.15) is 28.6 Å². The summed E-state index contributed by atoms with van der Waals surface area (Å²) in [6, 6.07) is 0. The summed E-state index contributed by atoms with van der Waals surface area (Å²) in [5.74, 6) is 0.872. The maximum Gasteiger partial charge on any atom is 0.226 e. The third kappa shape index (κ3) is 3.23. The average molecular weight is 345 g/mol. The number of amides is 1. The molecule has 2 fully saturated rings. The zero-order chi connectivity index (χ0) is 16.7. The van der Waals surface area contributed by atoms with E-state index in [0.717, 1.165) is 49.8 Å². The molecular weight excluding hydrogens is 322 g/mol. The molecule has 2 atom stereocenters. The van der Waals surface area contributed by atoms with Crippen LogP contribution in [0.3, 0.4) is 0 Å². The minimum Gasteiger partial charge on any atom is -0.340 e. The molecule has 0 N–H and O–H groups in total. The molecule has 4 rings (SSSR count). The van der Waals surface area contributed by atoms with E-state index in [1.807, 2.05) is 35.9 Å². The number of hydrogen-bond donors (Lipinski definition) is 0. The van der Waals surface area contributed by atoms with Crippen LogP contribution < -0.4 is 0 Å². The summed E-state index contributed by atoms with van der Waals surface area (Å²) in [7, 11) is 1.92. The van der Waals surface area contributed by atoms with E-state index in [0.29, 0.717) is 11.8 Å². The van der Waals surface area contributed by atoms with Gasteiger partial charge in [-0.1, -0.05) is 0 Å². The minimum absolute atomic E-state index is 0.168. The average Bonchev–Trinajstić information content (AvgIpc) is 3.09. The van der Waals surface area contributed by atoms with Crippen LogP contribution in [-0.2, 0) is 18.4 Å². The van der Waals surface area contributed by atoms with Crippen LogP contribution in [-0.4, -0.2) is 56.7 Å². The van der Waals surface area contributed by atoms with Gasteiger partial charge < -0.3 is 4.90 Å². The molecule has 0 bridgehead atoms. The van der Waals surface area contributed by atoms with Crippen molar-refractivity contribution in [2.45, 2.75) is 25.8 Å². The van der Waals surface area contributed by atoms with Crippen molar-refractivity contribution in [3.63, 3.8) is 0 Å². The largest absolute Gasteiger partial charge is 0.340 e. The molecule has 1 aliphatic heterocycles. The molecule has 1 saturated carbocycles. The van der Waals surface area contributed by atoms with E-state index in [2.05, 4.69) is 20.4 Å². The topological polar surface area (TPSA) is 54.3 Å². The number of hydrogen-bond acceptors (Lipinski definition) is 5. The van der Waals surface area contributed by atoms with Crippen LogP contribution in [0, 0.1) is 12.8 Å². The van der Waals surface area contributed by atoms with Crippen molar-refractivity contribution >= 4 is 17.2 Å². The minimum atomic E-state index is 0.168. The van der Waals surface area contributed by atoms with E-state index in [4.69, 9.17) is 0 Å². The van der Waals surface area contributed by atoms with Gasteiger partial charge in [0.1, 0.15) is 0 Å². The molecule has 128 valence electrons. The van der Waals surface area contributed by atoms with Gasteiger partial charge in [0.15, 0.2) is 0 Å². The van der Waals surface area contributed by atoms with Crippen molar-refractivity contribution in [1.82, 2.24) is 24.6 Å². The molecule has 1 aliphatic carbocycles. The van der Waals surface area contributed by atoms with Gasteiger partial charge >= 0.3 is 0 Å². The highest BCUT2D eigenvalue weighted by Crippen LogP contribution is 2.48. The third-order valence-electron chi connectivity index (χ3n) is 5.00. The van der Waals surface area contributed by atoms with Gasteiger partial charge in [-0.3, -0.25) is 14.4 Å². The van der Waals surface area contributed by atoms with Gasteiger partial charge in [0.25, 0.3) is 0 Å². The molecule has 0 aromatic carbocycles. The number of carbonyl (C=O) groups excluding carboxylic acids is 1. The van der Waals surface area contributed by atoms with Crippen molar-refractivity contribution in [3.05, 3.63) is 34.0 Å². The molecule has 0 spiro atoms. The number of rotatable bonds is 4. The van der Waals surface area contributed by atoms with Crippen molar-refractivity contribution in [2.24, 2.45) is 13.0 Å². The molecule has 7 heteroatoms. The number of nitrogens with zero attached hydrogens (tertiary/aromatic N) is 5. The van der Waals surface area contributed by atoms with Crippen LogP contribution in [0.5, 0.6) is 0 Å². The second-order valence-electron chi connectivity index (χ2n) is 6.86. The Morgan fingerprint density at radius 1 is 1.33 bits per heavy atom. The van der Waals surface area contributed by atoms with E-state index >= 15 is 0 Å². The highest BCUT2D eigenvalue weighted by atomic mass is 32.1. The predicted octanol–water partition coefficient (Wildman–Crippen LogP) is 1.63. The summed E-state index contributed by atoms with van der Waals surface area (Å²) >= 11 is 1.70. The first-order valence-corrected chi connectivity index (χ1v) is 9.39. The van der Waals surface area contributed by atoms with Crippen molar-refractivity contribution in [2.75, 3.05) is 26.2 Å². The summed E-state index contributed by atoms with van der Waals surface area (Å²) in [4.78, 5) is 21.7. The Labute approximate surface area is 146 Å². The lowest BCUT2D eigenvalue weighted by molar-refractivity contribution is -0.134. The van der Waals surface area contributed by atoms with E-state index in [1.165, 1.54) is 5.56 Å². The molecule has 2 aliphatic rings. The SMILES string of the molecule is Cc1nc(CN2CCN(C(=O)C3CC3c3cnn(C)c3)CC2)cs1. The smallest absolute Gasteiger partial charge is 0.226 e. The molecule has 2 aromatic rings. The fraction of sp³-hybridized carbons (Fsp3) is 0.588. The fourth-order valence-electron chi connectivity index (χ4n) is 3.54. The number of carbonyl (C=O) groups is 1. The first kappa shape index (κ1) is 15.8. The molecule has 24 heavy (non-hydrogen) atoms. The highest BCUT2D eigenvalue weighted by Gasteiger charge is 2.46. The van der Waals surface area contributed by atoms with Gasteiger partial charge in [-0.2, -0.15) is 5.10 Å². The van der Waals surface area contributed by atoms with Gasteiger partial charge in [0.2, 0.25) is 5.91 Å². The first-order valence-electron chi connectivity index (χ1n) is 8.51. The van der Waals surface area contributed by atoms with E-state index in [1.54, 1.807) is 11.3 Å². The van der Waals surface area contributed by atoms with Gasteiger partial charge in [-0.05, 0) is 24.8 Å². The van der Waals surface area contributed by atoms with Crippen LogP contribution in [0.4, 0.5) is 0 Å². The Morgan fingerprint density at radius 3 is 2.75 bits per heavy atom. The second-order valence-corrected chi connectivity index (χ2v) is 7.92. The summed E-state index contributed by atoms with van der Waals surface area (Å²) < 4.78 is 1.81. The highest BCUT2D eigenvalue weighted by molar-refractivity contribution is 7.09. The second kappa shape index (κ2) is 6.29. The molecule has 2 aromatic heterocycles. The Hall–Kier alpha value is -1.73. The fourth-order valence-corrected chi connectivity index (χ4v) is 4.14. The normalized spacial score (nSPS) is 24.3. The van der Waals surface area contributed by atoms with Crippen LogP contribution >= 0.6 is 11.3 Å². The molecule has 1 amide bonds. The lowest BCUT2D eigenvalue weighted by Gasteiger charge is -2.34. The summed E-state index contributed by atoms with van der Waals surface area (Å²) in [5, 5.41) is 7.47. The standard InChI is InChI=1S/C17H23N5OS/c1-12-19-14(11-24-12)10-21-3-5-22(6-4-21)17(23)16-7-15(16)13-8-18-20(2)9-13/h8-9,11,15-16H,3-7,10H2,1-2H3. The maximum atomic E-state index is 12.7. The molecule has 2 unspecified atom stereocenters. The first-order chi connectivity index (χ1) is 11.6. The number of aromatic nitrogens is 3. The predicted molar refractivity (Wildman–Crippen MR) is 92.8 cm³/mol. The van der Waals surface area contributed by atoms with Gasteiger partial charge in [-0.25, -0.2) is 4.98 Å². The monoisotopic (exact) mass is 345 g/mol. The van der Waals surface area contributed by atoms with Crippen molar-refractivity contribution < 1.29 is 4.79 Å². The lowest BCUT2D eigenvalue weighted by atomic mass is 10.1. The number of piperazine rings is 1. The zero-order valence-electron chi connectivity index (χ0n) is 14.2. The van der Waals surface area contributed by atoms with Crippen LogP contribution in [0.2, 0.25) is 0 Å². The zero-order valence-corrected chi connectivity index (χ0v) is 15.0. The summed E-state index contributed by atoms with van der Waals surface area (Å²) in [6.45, 7) is 6.48. The van der Waals surface area contributed by atoms with Gasteiger partial charge in [0, 0.05) is 57.3 Å². The maximum absolute atomic E-state index is 12.7. The summed E-state index contributed by atoms with van der Waals surface area (Å²) in [5.41, 5.74) is 2.35. The van der Waals surface area contributed by atoms with Gasteiger partial charge in [-0.15, -0.1) is 11.3 Å². The lowest BCUT2D eigenvalue weighted by Crippen LogP contribution is -2.48. The van der Waals surface area contributed by atoms with Crippen LogP contribution in [0.25, 0.3) is 0 Å². The number of aryl methyl sites for hydroxylation is 2. The molecule has 6 nitrogen and oxygen atoms in total. The van der Waals surface area contributed by atoms with Gasteiger partial charge in [0.05, 0.1) is 16.9 Å². The third-order valence-corrected chi connectivity index (χ3v) is 5.82. The Balaban J connectivity index is 1.28. The Kier molecular flexibility index (Phi) is 4.14. The van der Waals surface area contributed by atoms with Crippen molar-refractivity contribution in [1.29, 1.82) is 0 Å². The molecule has 3 heterocycles. The molecule has 1 saturated heterocycles. The summed E-state index contributed by atoms with van der Waals surface area (Å²) in [6.07, 6.45) is 4.90. The van der Waals surface area contributed by atoms with E-state index in [9.17, 15) is 4.79 Å². The quantitative estimate of drug-likeness (QED) is 0.845. The van der Waals surface area contributed by atoms with Crippen LogP contribution in [0.15, 0.2) is 17.8 Å². The number of thiazole rings is 1. The molecular formula is C17H23N5OS. The van der Waals surface area contributed by atoms with Crippen molar-refractivity contribution in [3.8, 4) is 0 Å². The van der Waals surface area contributed by atoms with E-state index in [-0.39, 0.29) is 5.92 Å². The molecule has 0 radical (unpaired) electrons.